The lowest BCUT2D eigenvalue weighted by atomic mass is 9.97. The topological polar surface area (TPSA) is 78.1 Å². The third-order valence-electron chi connectivity index (χ3n) is 6.42. The molecule has 6 nitrogen and oxygen atoms in total. The first-order valence-electron chi connectivity index (χ1n) is 11.5. The number of nitrogens with one attached hydrogen (secondary N) is 2. The smallest absolute Gasteiger partial charge is 0.271 e. The number of halogens is 2. The molecular weight excluding hydrogens is 487 g/mol. The van der Waals surface area contributed by atoms with E-state index in [1.807, 2.05) is 35.4 Å². The molecule has 1 fully saturated rings. The molecule has 0 saturated carbocycles. The Bertz CT molecular complexity index is 1380. The largest absolute Gasteiger partial charge is 0.361 e. The van der Waals surface area contributed by atoms with Crippen LogP contribution in [0.5, 0.6) is 0 Å². The number of para-hydroxylation sites is 1. The van der Waals surface area contributed by atoms with E-state index in [4.69, 9.17) is 11.6 Å². The SMILES string of the molecule is O=C(NCc1ccc(Cl)cc1F)c1csc(C2CCN(C(=O)Cc3c[nH]c4ccccc34)CC2)n1. The third kappa shape index (κ3) is 5.23. The molecule has 1 saturated heterocycles. The molecule has 2 amide bonds. The molecule has 35 heavy (non-hydrogen) atoms. The lowest BCUT2D eigenvalue weighted by molar-refractivity contribution is -0.131. The summed E-state index contributed by atoms with van der Waals surface area (Å²) in [4.78, 5) is 35.1. The van der Waals surface area contributed by atoms with Crippen LogP contribution >= 0.6 is 22.9 Å². The standard InChI is InChI=1S/C26H24ClFN4O2S/c27-19-6-5-17(21(28)12-19)13-30-25(34)23-15-35-26(31-23)16-7-9-32(10-8-16)24(33)11-18-14-29-22-4-2-1-3-20(18)22/h1-6,12,14-16,29H,7-11,13H2,(H,30,34). The van der Waals surface area contributed by atoms with Crippen molar-refractivity contribution in [2.24, 2.45) is 0 Å². The lowest BCUT2D eigenvalue weighted by Gasteiger charge is -2.31. The van der Waals surface area contributed by atoms with Crippen molar-refractivity contribution in [3.05, 3.63) is 86.7 Å². The van der Waals surface area contributed by atoms with Gasteiger partial charge in [0.05, 0.1) is 11.4 Å². The number of amides is 2. The second-order valence-electron chi connectivity index (χ2n) is 8.68. The molecule has 0 unspecified atom stereocenters. The predicted octanol–water partition coefficient (Wildman–Crippen LogP) is 5.30. The van der Waals surface area contributed by atoms with E-state index in [1.54, 1.807) is 17.5 Å². The number of benzene rings is 2. The second kappa shape index (κ2) is 10.2. The Morgan fingerprint density at radius 3 is 2.77 bits per heavy atom. The summed E-state index contributed by atoms with van der Waals surface area (Å²) in [5.41, 5.74) is 2.75. The molecule has 2 N–H and O–H groups in total. The summed E-state index contributed by atoms with van der Waals surface area (Å²) >= 11 is 7.23. The molecule has 1 aliphatic heterocycles. The van der Waals surface area contributed by atoms with Crippen molar-refractivity contribution >= 4 is 45.7 Å². The first-order chi connectivity index (χ1) is 17.0. The molecule has 0 radical (unpaired) electrons. The van der Waals surface area contributed by atoms with Crippen LogP contribution in [-0.4, -0.2) is 39.8 Å². The summed E-state index contributed by atoms with van der Waals surface area (Å²) in [7, 11) is 0. The Morgan fingerprint density at radius 2 is 1.97 bits per heavy atom. The normalized spacial score (nSPS) is 14.4. The van der Waals surface area contributed by atoms with E-state index >= 15 is 0 Å². The van der Waals surface area contributed by atoms with Crippen molar-refractivity contribution in [1.82, 2.24) is 20.2 Å². The monoisotopic (exact) mass is 510 g/mol. The fourth-order valence-electron chi connectivity index (χ4n) is 4.44. The minimum atomic E-state index is -0.456. The van der Waals surface area contributed by atoms with Crippen LogP contribution in [0, 0.1) is 5.82 Å². The summed E-state index contributed by atoms with van der Waals surface area (Å²) in [6.45, 7) is 1.40. The molecule has 9 heteroatoms. The maximum absolute atomic E-state index is 13.9. The maximum atomic E-state index is 13.9. The van der Waals surface area contributed by atoms with Gasteiger partial charge in [-0.15, -0.1) is 11.3 Å². The predicted molar refractivity (Wildman–Crippen MR) is 135 cm³/mol. The van der Waals surface area contributed by atoms with Crippen LogP contribution in [0.1, 0.15) is 45.4 Å². The summed E-state index contributed by atoms with van der Waals surface area (Å²) in [5, 5.41) is 6.75. The van der Waals surface area contributed by atoms with Crippen molar-refractivity contribution < 1.29 is 14.0 Å². The number of nitrogens with zero attached hydrogens (tertiary/aromatic N) is 2. The minimum Gasteiger partial charge on any atom is -0.361 e. The molecule has 5 rings (SSSR count). The minimum absolute atomic E-state index is 0.0611. The van der Waals surface area contributed by atoms with Crippen molar-refractivity contribution in [3.63, 3.8) is 0 Å². The zero-order valence-electron chi connectivity index (χ0n) is 18.9. The number of aromatic nitrogens is 2. The van der Waals surface area contributed by atoms with Crippen molar-refractivity contribution in [3.8, 4) is 0 Å². The highest BCUT2D eigenvalue weighted by molar-refractivity contribution is 7.09. The molecule has 0 aliphatic carbocycles. The average molecular weight is 511 g/mol. The quantitative estimate of drug-likeness (QED) is 0.369. The summed E-state index contributed by atoms with van der Waals surface area (Å²) in [6.07, 6.45) is 3.91. The maximum Gasteiger partial charge on any atom is 0.271 e. The number of fused-ring (bicyclic) bond motifs is 1. The Hall–Kier alpha value is -3.23. The van der Waals surface area contributed by atoms with Crippen LogP contribution in [0.15, 0.2) is 54.0 Å². The zero-order chi connectivity index (χ0) is 24.4. The van der Waals surface area contributed by atoms with E-state index < -0.39 is 5.82 Å². The molecule has 180 valence electrons. The highest BCUT2D eigenvalue weighted by atomic mass is 35.5. The lowest BCUT2D eigenvalue weighted by Crippen LogP contribution is -2.38. The van der Waals surface area contributed by atoms with E-state index in [2.05, 4.69) is 15.3 Å². The number of likely N-dealkylation sites (tertiary alicyclic amines) is 1. The van der Waals surface area contributed by atoms with Gasteiger partial charge < -0.3 is 15.2 Å². The second-order valence-corrected chi connectivity index (χ2v) is 10.0. The van der Waals surface area contributed by atoms with Crippen molar-refractivity contribution in [1.29, 1.82) is 0 Å². The Kier molecular flexibility index (Phi) is 6.83. The first kappa shape index (κ1) is 23.5. The third-order valence-corrected chi connectivity index (χ3v) is 7.66. The van der Waals surface area contributed by atoms with E-state index in [1.165, 1.54) is 17.4 Å². The number of H-pyrrole nitrogens is 1. The van der Waals surface area contributed by atoms with Gasteiger partial charge >= 0.3 is 0 Å². The first-order valence-corrected chi connectivity index (χ1v) is 12.7. The number of carbonyl (C=O) groups is 2. The zero-order valence-corrected chi connectivity index (χ0v) is 20.5. The fourth-order valence-corrected chi connectivity index (χ4v) is 5.57. The highest BCUT2D eigenvalue weighted by Gasteiger charge is 2.26. The highest BCUT2D eigenvalue weighted by Crippen LogP contribution is 2.31. The number of thiazole rings is 1. The van der Waals surface area contributed by atoms with Gasteiger partial charge in [-0.1, -0.05) is 35.9 Å². The van der Waals surface area contributed by atoms with Gasteiger partial charge in [0.25, 0.3) is 5.91 Å². The summed E-state index contributed by atoms with van der Waals surface area (Å²) in [6, 6.07) is 12.4. The van der Waals surface area contributed by atoms with E-state index in [0.29, 0.717) is 35.8 Å². The number of aromatic amines is 1. The Morgan fingerprint density at radius 1 is 1.17 bits per heavy atom. The molecule has 0 bridgehead atoms. The van der Waals surface area contributed by atoms with Crippen LogP contribution in [-0.2, 0) is 17.8 Å². The number of rotatable bonds is 6. The Balaban J connectivity index is 1.14. The molecule has 4 aromatic rings. The van der Waals surface area contributed by atoms with Crippen LogP contribution in [0.2, 0.25) is 5.02 Å². The van der Waals surface area contributed by atoms with Gasteiger partial charge in [0.2, 0.25) is 5.91 Å². The molecule has 3 heterocycles. The van der Waals surface area contributed by atoms with Gasteiger partial charge in [-0.2, -0.15) is 0 Å². The summed E-state index contributed by atoms with van der Waals surface area (Å²) < 4.78 is 13.9. The molecular formula is C26H24ClFN4O2S. The Labute approximate surface area is 211 Å². The van der Waals surface area contributed by atoms with Gasteiger partial charge in [0, 0.05) is 58.6 Å². The van der Waals surface area contributed by atoms with Gasteiger partial charge in [0.15, 0.2) is 0 Å². The van der Waals surface area contributed by atoms with Gasteiger partial charge in [-0.25, -0.2) is 9.37 Å². The van der Waals surface area contributed by atoms with Gasteiger partial charge in [-0.05, 0) is 36.6 Å². The van der Waals surface area contributed by atoms with Crippen molar-refractivity contribution in [2.75, 3.05) is 13.1 Å². The summed E-state index contributed by atoms with van der Waals surface area (Å²) in [5.74, 6) is -0.454. The molecule has 2 aromatic heterocycles. The average Bonchev–Trinajstić information content (AvgIpc) is 3.52. The number of carbonyl (C=O) groups excluding carboxylic acids is 2. The number of hydrogen-bond donors (Lipinski definition) is 2. The van der Waals surface area contributed by atoms with Crippen LogP contribution < -0.4 is 5.32 Å². The van der Waals surface area contributed by atoms with E-state index in [0.717, 1.165) is 34.3 Å². The van der Waals surface area contributed by atoms with Crippen LogP contribution in [0.3, 0.4) is 0 Å². The molecule has 1 aliphatic rings. The number of hydrogen-bond acceptors (Lipinski definition) is 4. The van der Waals surface area contributed by atoms with Gasteiger partial charge in [0.1, 0.15) is 11.5 Å². The van der Waals surface area contributed by atoms with Crippen LogP contribution in [0.4, 0.5) is 4.39 Å². The molecule has 2 aromatic carbocycles. The van der Waals surface area contributed by atoms with Crippen LogP contribution in [0.25, 0.3) is 10.9 Å². The molecule has 0 spiro atoms. The fraction of sp³-hybridized carbons (Fsp3) is 0.269. The van der Waals surface area contributed by atoms with Crippen molar-refractivity contribution in [2.45, 2.75) is 31.7 Å². The van der Waals surface area contributed by atoms with E-state index in [9.17, 15) is 14.0 Å². The number of piperidine rings is 1. The van der Waals surface area contributed by atoms with E-state index in [-0.39, 0.29) is 24.3 Å². The van der Waals surface area contributed by atoms with Gasteiger partial charge in [-0.3, -0.25) is 9.59 Å². The molecule has 0 atom stereocenters.